The molecule has 504 valence electrons. The Labute approximate surface area is 554 Å². The van der Waals surface area contributed by atoms with E-state index in [-0.39, 0.29) is 80.3 Å². The zero-order chi connectivity index (χ0) is 67.3. The van der Waals surface area contributed by atoms with E-state index in [0.717, 1.165) is 70.5 Å². The highest BCUT2D eigenvalue weighted by molar-refractivity contribution is 7.85. The fourth-order valence-electron chi connectivity index (χ4n) is 15.7. The van der Waals surface area contributed by atoms with E-state index < -0.39 is 63.2 Å². The number of aromatic carboxylic acids is 1. The Hall–Kier alpha value is -8.63. The molecule has 4 fully saturated rings. The summed E-state index contributed by atoms with van der Waals surface area (Å²) in [4.78, 5) is 103. The van der Waals surface area contributed by atoms with Crippen molar-refractivity contribution in [3.8, 4) is 16.9 Å². The summed E-state index contributed by atoms with van der Waals surface area (Å²) in [6.07, 6.45) is 11.1. The van der Waals surface area contributed by atoms with Gasteiger partial charge in [0.2, 0.25) is 11.8 Å². The van der Waals surface area contributed by atoms with Gasteiger partial charge in [-0.15, -0.1) is 0 Å². The van der Waals surface area contributed by atoms with Gasteiger partial charge in [0, 0.05) is 92.8 Å². The quantitative estimate of drug-likeness (QED) is 0.0161. The number of nitrogens with one attached hydrogen (secondary N) is 3. The van der Waals surface area contributed by atoms with E-state index in [4.69, 9.17) is 29.0 Å². The van der Waals surface area contributed by atoms with E-state index in [9.17, 15) is 51.6 Å². The molecule has 25 nitrogen and oxygen atoms in total. The fourth-order valence-corrected chi connectivity index (χ4v) is 17.2. The fraction of sp³-hybridized carbons (Fsp3) is 0.471. The molecule has 2 aliphatic heterocycles. The average Bonchev–Trinajstić information content (AvgIpc) is 1.21. The second kappa shape index (κ2) is 28.4. The number of nitrogens with zero attached hydrogens (tertiary/aromatic N) is 7. The Kier molecular flexibility index (Phi) is 20.2. The molecule has 95 heavy (non-hydrogen) atoms. The summed E-state index contributed by atoms with van der Waals surface area (Å²) in [6.45, 7) is 9.16. The average molecular weight is 1340 g/mol. The number of ether oxygens (including phenoxy) is 4. The maximum absolute atomic E-state index is 13.8. The molecule has 6 amide bonds. The first kappa shape index (κ1) is 67.8. The number of carboxylic acid groups (broad SMARTS) is 1. The van der Waals surface area contributed by atoms with Gasteiger partial charge in [-0.05, 0) is 128 Å². The number of fused-ring (bicyclic) bond motifs is 2. The SMILES string of the molecule is Cc1c(-c2ccc(N3CCc4cccc(C(=O)Nc5nc6ccccc6s5)c4C3)nc2C(=O)O)cnn1CC12CC3(C)CC(C)(C1)CC(OCCN(C)C(=O)OCc1ccccc1OCCOCCNC(=O)[C@H](CS(=O)(=O)O)NC(=O)CCCCCN1C(=O)C=CC1=O)(C3)C2. The monoisotopic (exact) mass is 1340 g/mol. The van der Waals surface area contributed by atoms with E-state index in [1.807, 2.05) is 71.1 Å². The van der Waals surface area contributed by atoms with Crippen molar-refractivity contribution < 1.29 is 70.6 Å². The topological polar surface area (TPSA) is 320 Å². The molecule has 6 aliphatic rings. The lowest BCUT2D eigenvalue weighted by atomic mass is 9.39. The number of imide groups is 1. The number of para-hydroxylation sites is 2. The maximum atomic E-state index is 13.8. The minimum absolute atomic E-state index is 0.00723. The Balaban J connectivity index is 0.633. The summed E-state index contributed by atoms with van der Waals surface area (Å²) in [5, 5.41) is 24.0. The lowest BCUT2D eigenvalue weighted by Crippen LogP contribution is -2.64. The number of benzene rings is 3. The minimum atomic E-state index is -4.65. The van der Waals surface area contributed by atoms with Crippen LogP contribution in [-0.4, -0.2) is 166 Å². The molecule has 4 bridgehead atoms. The van der Waals surface area contributed by atoms with E-state index in [2.05, 4.69) is 34.8 Å². The number of likely N-dealkylation sites (N-methyl/N-ethyl adjacent to an activating group) is 1. The zero-order valence-electron chi connectivity index (χ0n) is 53.7. The van der Waals surface area contributed by atoms with Crippen LogP contribution in [0.1, 0.15) is 121 Å². The molecular weight excluding hydrogens is 1260 g/mol. The summed E-state index contributed by atoms with van der Waals surface area (Å²) < 4.78 is 60.2. The number of anilines is 2. The van der Waals surface area contributed by atoms with Crippen LogP contribution in [0.3, 0.4) is 0 Å². The van der Waals surface area contributed by atoms with Crippen molar-refractivity contribution in [1.29, 1.82) is 0 Å². The number of carboxylic acids is 1. The summed E-state index contributed by atoms with van der Waals surface area (Å²) in [7, 11) is -2.97. The van der Waals surface area contributed by atoms with Gasteiger partial charge in [0.05, 0.1) is 41.8 Å². The molecule has 3 atom stereocenters. The van der Waals surface area contributed by atoms with Gasteiger partial charge in [-0.1, -0.05) is 74.1 Å². The molecule has 27 heteroatoms. The van der Waals surface area contributed by atoms with E-state index >= 15 is 0 Å². The number of amides is 6. The van der Waals surface area contributed by atoms with Crippen LogP contribution in [0.25, 0.3) is 21.3 Å². The maximum Gasteiger partial charge on any atom is 0.409 e. The summed E-state index contributed by atoms with van der Waals surface area (Å²) in [6, 6.07) is 22.7. The molecule has 4 saturated carbocycles. The predicted octanol–water partition coefficient (Wildman–Crippen LogP) is 8.15. The molecule has 0 saturated heterocycles. The third-order valence-corrected chi connectivity index (χ3v) is 20.4. The Morgan fingerprint density at radius 2 is 1.59 bits per heavy atom. The van der Waals surface area contributed by atoms with Gasteiger partial charge < -0.3 is 44.5 Å². The van der Waals surface area contributed by atoms with Crippen LogP contribution in [0.5, 0.6) is 5.75 Å². The molecule has 3 aromatic heterocycles. The Morgan fingerprint density at radius 1 is 0.832 bits per heavy atom. The van der Waals surface area contributed by atoms with Crippen molar-refractivity contribution in [2.45, 2.75) is 123 Å². The normalized spacial score (nSPS) is 21.4. The molecule has 0 spiro atoms. The summed E-state index contributed by atoms with van der Waals surface area (Å²) >= 11 is 1.41. The molecule has 5 heterocycles. The van der Waals surface area contributed by atoms with Crippen molar-refractivity contribution in [1.82, 2.24) is 40.2 Å². The van der Waals surface area contributed by atoms with Crippen molar-refractivity contribution in [2.75, 3.05) is 75.6 Å². The van der Waals surface area contributed by atoms with Crippen molar-refractivity contribution in [3.05, 3.63) is 131 Å². The molecule has 12 rings (SSSR count). The predicted molar refractivity (Wildman–Crippen MR) is 352 cm³/mol. The highest BCUT2D eigenvalue weighted by Gasteiger charge is 2.66. The van der Waals surface area contributed by atoms with E-state index in [1.54, 1.807) is 37.5 Å². The summed E-state index contributed by atoms with van der Waals surface area (Å²) in [5.41, 5.74) is 5.25. The number of hydrogen-bond donors (Lipinski definition) is 5. The van der Waals surface area contributed by atoms with Gasteiger partial charge in [-0.2, -0.15) is 13.5 Å². The zero-order valence-corrected chi connectivity index (χ0v) is 55.4. The molecule has 2 unspecified atom stereocenters. The third kappa shape index (κ3) is 16.2. The second-order valence-corrected chi connectivity index (χ2v) is 29.1. The molecule has 6 aromatic rings. The molecule has 4 aliphatic carbocycles. The lowest BCUT2D eigenvalue weighted by Gasteiger charge is -2.69. The first-order chi connectivity index (χ1) is 45.4. The third-order valence-electron chi connectivity index (χ3n) is 18.7. The number of carbonyl (C=O) groups is 7. The van der Waals surface area contributed by atoms with Gasteiger partial charge in [0.1, 0.15) is 36.6 Å². The van der Waals surface area contributed by atoms with E-state index in [1.165, 1.54) is 28.4 Å². The largest absolute Gasteiger partial charge is 0.491 e. The minimum Gasteiger partial charge on any atom is -0.491 e. The van der Waals surface area contributed by atoms with Crippen LogP contribution in [0.4, 0.5) is 15.7 Å². The van der Waals surface area contributed by atoms with E-state index in [0.29, 0.717) is 90.9 Å². The number of aromatic nitrogens is 4. The summed E-state index contributed by atoms with van der Waals surface area (Å²) in [5.74, 6) is -3.74. The number of pyridine rings is 1. The van der Waals surface area contributed by atoms with Gasteiger partial charge in [-0.25, -0.2) is 19.6 Å². The number of carbonyl (C=O) groups excluding carboxylic acids is 6. The number of unbranched alkanes of at least 4 members (excludes halogenated alkanes) is 2. The molecule has 0 radical (unpaired) electrons. The highest BCUT2D eigenvalue weighted by atomic mass is 32.2. The number of thiazole rings is 1. The smallest absolute Gasteiger partial charge is 0.409 e. The van der Waals surface area contributed by atoms with Gasteiger partial charge in [0.15, 0.2) is 10.8 Å². The van der Waals surface area contributed by atoms with Crippen LogP contribution in [-0.2, 0) is 69.6 Å². The Bertz CT molecular complexity index is 4010. The lowest BCUT2D eigenvalue weighted by molar-refractivity contribution is -0.248. The van der Waals surface area contributed by atoms with Crippen LogP contribution in [0.2, 0.25) is 0 Å². The van der Waals surface area contributed by atoms with Crippen LogP contribution < -0.4 is 25.6 Å². The Morgan fingerprint density at radius 3 is 2.35 bits per heavy atom. The molecular formula is C68H80N10O15S2. The number of rotatable bonds is 30. The van der Waals surface area contributed by atoms with Crippen molar-refractivity contribution in [2.24, 2.45) is 16.2 Å². The second-order valence-electron chi connectivity index (χ2n) is 26.6. The van der Waals surface area contributed by atoms with Gasteiger partial charge >= 0.3 is 12.1 Å². The van der Waals surface area contributed by atoms with Crippen molar-refractivity contribution >= 4 is 84.2 Å². The highest BCUT2D eigenvalue weighted by Crippen LogP contribution is 2.72. The number of hydrogen-bond acceptors (Lipinski definition) is 18. The standard InChI is InChI=1S/C68H80N10O15S2/c1-44-49(47-20-21-55(73-59(47)62(84)85)76-27-24-45-14-12-15-48(50(45)34-76)60(82)74-63-72-51-16-8-10-18-54(51)94-63)33-70-78(44)43-67-38-65(2)37-66(3,39-67)41-68(40-65,42-67)93-30-28-75(4)64(86)92-35-46-13-7-9-17-53(46)91-32-31-90-29-25-69-61(83)52(36-95(87,88)89)71-56(79)19-6-5-11-26-77-57(80)22-23-58(77)81/h7-10,12-18,20-23,33,52H,5-6,11,19,24-32,34-43H2,1-4H3,(H,69,83)(H,71,79)(H,84,85)(H,72,74,82)(H,87,88,89)/t52-,65?,66?,67?,68?/m0/s1. The first-order valence-corrected chi connectivity index (χ1v) is 34.5. The first-order valence-electron chi connectivity index (χ1n) is 32.0. The molecule has 3 aromatic carbocycles. The van der Waals surface area contributed by atoms with Crippen molar-refractivity contribution in [3.63, 3.8) is 0 Å². The van der Waals surface area contributed by atoms with Crippen LogP contribution in [0, 0.1) is 23.2 Å². The van der Waals surface area contributed by atoms with Crippen LogP contribution in [0.15, 0.2) is 97.2 Å². The molecule has 5 N–H and O–H groups in total. The van der Waals surface area contributed by atoms with Crippen LogP contribution >= 0.6 is 11.3 Å². The van der Waals surface area contributed by atoms with Gasteiger partial charge in [-0.3, -0.25) is 43.4 Å². The van der Waals surface area contributed by atoms with Gasteiger partial charge in [0.25, 0.3) is 27.8 Å².